The van der Waals surface area contributed by atoms with E-state index in [2.05, 4.69) is 19.4 Å². The number of hydrogen-bond acceptors (Lipinski definition) is 5. The molecule has 1 aromatic heterocycles. The van der Waals surface area contributed by atoms with Crippen LogP contribution in [0.1, 0.15) is 20.8 Å². The van der Waals surface area contributed by atoms with Crippen LogP contribution in [-0.4, -0.2) is 27.2 Å². The number of carbonyl (C=O) groups excluding carboxylic acids is 1. The molecule has 16 heavy (non-hydrogen) atoms. The van der Waals surface area contributed by atoms with E-state index in [0.29, 0.717) is 23.4 Å². The van der Waals surface area contributed by atoms with E-state index in [9.17, 15) is 4.79 Å². The number of rotatable bonds is 5. The highest BCUT2D eigenvalue weighted by Gasteiger charge is 2.15. The molecule has 0 radical (unpaired) electrons. The van der Waals surface area contributed by atoms with Gasteiger partial charge in [0.05, 0.1) is 11.7 Å². The van der Waals surface area contributed by atoms with Crippen LogP contribution in [0.15, 0.2) is 0 Å². The van der Waals surface area contributed by atoms with Crippen LogP contribution in [0, 0.1) is 5.92 Å². The summed E-state index contributed by atoms with van der Waals surface area (Å²) in [5.41, 5.74) is 0. The lowest BCUT2D eigenvalue weighted by Gasteiger charge is -2.14. The molecule has 0 saturated carbocycles. The molecule has 0 aliphatic heterocycles. The van der Waals surface area contributed by atoms with E-state index in [0.717, 1.165) is 11.7 Å². The predicted molar refractivity (Wildman–Crippen MR) is 65.9 cm³/mol. The van der Waals surface area contributed by atoms with Crippen molar-refractivity contribution >= 4 is 35.1 Å². The van der Waals surface area contributed by atoms with Crippen molar-refractivity contribution in [1.29, 1.82) is 0 Å². The van der Waals surface area contributed by atoms with Gasteiger partial charge in [0.15, 0.2) is 11.0 Å². The first-order chi connectivity index (χ1) is 7.50. The van der Waals surface area contributed by atoms with E-state index in [-0.39, 0.29) is 11.9 Å². The maximum Gasteiger partial charge on any atom is 0.242 e. The molecule has 1 rings (SSSR count). The molecule has 1 atom stereocenters. The second kappa shape index (κ2) is 6.00. The zero-order valence-corrected chi connectivity index (χ0v) is 11.0. The third kappa shape index (κ3) is 3.94. The molecule has 0 aliphatic rings. The van der Waals surface area contributed by atoms with Gasteiger partial charge in [-0.3, -0.25) is 4.79 Å². The van der Waals surface area contributed by atoms with Crippen molar-refractivity contribution in [1.82, 2.24) is 14.1 Å². The molecular weight excluding hydrogens is 248 g/mol. The lowest BCUT2D eigenvalue weighted by atomic mass is 10.2. The molecule has 1 amide bonds. The van der Waals surface area contributed by atoms with Crippen molar-refractivity contribution < 1.29 is 4.79 Å². The summed E-state index contributed by atoms with van der Waals surface area (Å²) in [4.78, 5) is 11.6. The molecule has 0 aliphatic carbocycles. The summed E-state index contributed by atoms with van der Waals surface area (Å²) in [5.74, 6) is 0.817. The normalized spacial score (nSPS) is 12.6. The SMILES string of the molecule is CC(C)CNC(=O)C(C)Nc1nsnc1Cl. The minimum atomic E-state index is -0.375. The van der Waals surface area contributed by atoms with Gasteiger partial charge in [0.1, 0.15) is 6.04 Å². The molecular formula is C9H15ClN4OS. The quantitative estimate of drug-likeness (QED) is 0.849. The smallest absolute Gasteiger partial charge is 0.242 e. The predicted octanol–water partition coefficient (Wildman–Crippen LogP) is 1.76. The summed E-state index contributed by atoms with van der Waals surface area (Å²) in [6, 6.07) is -0.375. The molecule has 0 fully saturated rings. The van der Waals surface area contributed by atoms with Crippen LogP contribution in [0.3, 0.4) is 0 Å². The zero-order valence-electron chi connectivity index (χ0n) is 9.45. The Morgan fingerprint density at radius 3 is 2.62 bits per heavy atom. The van der Waals surface area contributed by atoms with Crippen LogP contribution in [0.4, 0.5) is 5.82 Å². The Hall–Kier alpha value is -0.880. The highest BCUT2D eigenvalue weighted by Crippen LogP contribution is 2.18. The molecule has 1 heterocycles. The van der Waals surface area contributed by atoms with Gasteiger partial charge in [-0.1, -0.05) is 25.4 Å². The number of carbonyl (C=O) groups is 1. The summed E-state index contributed by atoms with van der Waals surface area (Å²) in [5, 5.41) is 6.03. The van der Waals surface area contributed by atoms with Crippen LogP contribution < -0.4 is 10.6 Å². The second-order valence-corrected chi connectivity index (χ2v) is 4.80. The standard InChI is InChI=1S/C9H15ClN4OS/c1-5(2)4-11-9(15)6(3)12-8-7(10)13-16-14-8/h5-6H,4H2,1-3H3,(H,11,15)(H,12,14). The van der Waals surface area contributed by atoms with E-state index in [4.69, 9.17) is 11.6 Å². The van der Waals surface area contributed by atoms with E-state index in [1.165, 1.54) is 0 Å². The van der Waals surface area contributed by atoms with Gasteiger partial charge in [0.25, 0.3) is 0 Å². The van der Waals surface area contributed by atoms with Gasteiger partial charge < -0.3 is 10.6 Å². The molecule has 2 N–H and O–H groups in total. The van der Waals surface area contributed by atoms with Crippen molar-refractivity contribution in [2.75, 3.05) is 11.9 Å². The molecule has 1 unspecified atom stereocenters. The van der Waals surface area contributed by atoms with Crippen molar-refractivity contribution in [3.05, 3.63) is 5.15 Å². The van der Waals surface area contributed by atoms with Gasteiger partial charge in [-0.2, -0.15) is 8.75 Å². The molecule has 0 spiro atoms. The number of hydrogen-bond donors (Lipinski definition) is 2. The van der Waals surface area contributed by atoms with Crippen molar-refractivity contribution in [3.8, 4) is 0 Å². The number of halogens is 1. The lowest BCUT2D eigenvalue weighted by molar-refractivity contribution is -0.121. The fourth-order valence-corrected chi connectivity index (χ4v) is 1.65. The summed E-state index contributed by atoms with van der Waals surface area (Å²) in [7, 11) is 0. The van der Waals surface area contributed by atoms with Gasteiger partial charge >= 0.3 is 0 Å². The van der Waals surface area contributed by atoms with E-state index >= 15 is 0 Å². The number of nitrogens with one attached hydrogen (secondary N) is 2. The summed E-state index contributed by atoms with van der Waals surface area (Å²) in [6.07, 6.45) is 0. The summed E-state index contributed by atoms with van der Waals surface area (Å²) >= 11 is 6.77. The van der Waals surface area contributed by atoms with Crippen LogP contribution >= 0.6 is 23.3 Å². The minimum Gasteiger partial charge on any atom is -0.355 e. The molecule has 0 bridgehead atoms. The van der Waals surface area contributed by atoms with Gasteiger partial charge in [0.2, 0.25) is 5.91 Å². The Kier molecular flexibility index (Phi) is 4.95. The van der Waals surface area contributed by atoms with Gasteiger partial charge in [-0.15, -0.1) is 0 Å². The van der Waals surface area contributed by atoms with Crippen molar-refractivity contribution in [2.24, 2.45) is 5.92 Å². The van der Waals surface area contributed by atoms with Crippen LogP contribution in [0.25, 0.3) is 0 Å². The van der Waals surface area contributed by atoms with Crippen LogP contribution in [0.2, 0.25) is 5.15 Å². The van der Waals surface area contributed by atoms with E-state index in [1.54, 1.807) is 6.92 Å². The second-order valence-electron chi connectivity index (χ2n) is 3.91. The third-order valence-electron chi connectivity index (χ3n) is 1.88. The zero-order chi connectivity index (χ0) is 12.1. The molecule has 7 heteroatoms. The Labute approximate surface area is 104 Å². The third-order valence-corrected chi connectivity index (χ3v) is 2.77. The highest BCUT2D eigenvalue weighted by molar-refractivity contribution is 6.99. The minimum absolute atomic E-state index is 0.0715. The first-order valence-electron chi connectivity index (χ1n) is 5.03. The van der Waals surface area contributed by atoms with Crippen molar-refractivity contribution in [3.63, 3.8) is 0 Å². The van der Waals surface area contributed by atoms with E-state index in [1.807, 2.05) is 13.8 Å². The number of nitrogens with zero attached hydrogens (tertiary/aromatic N) is 2. The summed E-state index contributed by atoms with van der Waals surface area (Å²) in [6.45, 7) is 6.50. The highest BCUT2D eigenvalue weighted by atomic mass is 35.5. The first kappa shape index (κ1) is 13.2. The maximum atomic E-state index is 11.6. The maximum absolute atomic E-state index is 11.6. The van der Waals surface area contributed by atoms with Gasteiger partial charge in [0, 0.05) is 6.54 Å². The molecule has 1 aromatic rings. The van der Waals surface area contributed by atoms with Gasteiger partial charge in [-0.05, 0) is 12.8 Å². The van der Waals surface area contributed by atoms with Crippen LogP contribution in [0.5, 0.6) is 0 Å². The average molecular weight is 263 g/mol. The average Bonchev–Trinajstić information content (AvgIpc) is 2.60. The largest absolute Gasteiger partial charge is 0.355 e. The molecule has 5 nitrogen and oxygen atoms in total. The van der Waals surface area contributed by atoms with Gasteiger partial charge in [-0.25, -0.2) is 0 Å². The number of aromatic nitrogens is 2. The lowest BCUT2D eigenvalue weighted by Crippen LogP contribution is -2.39. The fourth-order valence-electron chi connectivity index (χ4n) is 0.992. The topological polar surface area (TPSA) is 66.9 Å². The van der Waals surface area contributed by atoms with Crippen LogP contribution in [-0.2, 0) is 4.79 Å². The Morgan fingerprint density at radius 2 is 2.12 bits per heavy atom. The molecule has 0 aromatic carbocycles. The molecule has 0 saturated heterocycles. The molecule has 90 valence electrons. The number of amides is 1. The number of anilines is 1. The Morgan fingerprint density at radius 1 is 1.44 bits per heavy atom. The fraction of sp³-hybridized carbons (Fsp3) is 0.667. The summed E-state index contributed by atoms with van der Waals surface area (Å²) < 4.78 is 7.75. The monoisotopic (exact) mass is 262 g/mol. The first-order valence-corrected chi connectivity index (χ1v) is 6.13. The Balaban J connectivity index is 2.43. The van der Waals surface area contributed by atoms with E-state index < -0.39 is 0 Å². The Bertz CT molecular complexity index is 355. The van der Waals surface area contributed by atoms with Crippen molar-refractivity contribution in [2.45, 2.75) is 26.8 Å².